The molecular weight excluding hydrogens is 993 g/mol. The number of carbonyl (C=O) groups is 3. The van der Waals surface area contributed by atoms with Crippen LogP contribution in [0, 0.1) is 11.8 Å². The minimum absolute atomic E-state index is 0.00475. The molecule has 0 amide bonds. The fourth-order valence-electron chi connectivity index (χ4n) is 8.41. The smallest absolute Gasteiger partial charge is 0.462 e. The number of rotatable bonds is 22. The quantitative estimate of drug-likeness (QED) is 0.0258. The van der Waals surface area contributed by atoms with Crippen LogP contribution < -0.4 is 11.4 Å². The second-order valence-electron chi connectivity index (χ2n) is 18.8. The number of fused-ring (bicyclic) bond motifs is 3. The van der Waals surface area contributed by atoms with Crippen LogP contribution in [0.1, 0.15) is 168 Å². The Morgan fingerprint density at radius 2 is 1.49 bits per heavy atom. The van der Waals surface area contributed by atoms with Crippen LogP contribution in [-0.4, -0.2) is 114 Å². The average molecular weight is 1080 g/mol. The van der Waals surface area contributed by atoms with E-state index in [4.69, 9.17) is 29.0 Å². The summed E-state index contributed by atoms with van der Waals surface area (Å²) in [5, 5.41) is 45.6. The summed E-state index contributed by atoms with van der Waals surface area (Å²) in [6.07, 6.45) is 14.8. The van der Waals surface area contributed by atoms with E-state index in [-0.39, 0.29) is 25.1 Å². The molecule has 3 rings (SSSR count). The molecule has 416 valence electrons. The van der Waals surface area contributed by atoms with Crippen molar-refractivity contribution in [2.45, 2.75) is 204 Å². The standard InChI is InChI=1S/C50H83N3O18P2/c1-3-5-7-8-9-10-11-12-13-14-15-16-17-18-24-28-46(58)69-38-34-66-45(57)27-23-20-19-22-26-40-42(56)33-41(55)39(30-29-37(54)25-21-6-4-2)47(59)48(60)43(36-68-73(64,65)71-72(62,63)67-35-38)70-49(40)53-32-31-44(51)52-50(53)61/h9-10,12-13,29-32,37-41,43,47-49,54-55,59-60H,3-8,11,14-28,33-36H2,1-2H3,(H,62,63)(H,64,65)(H2,51,52,61)/b10-9-,13-12-,30-29+/t37-,38+,39-,40-,41+,43+,47-,48+,49+/m0/s1. The molecule has 73 heavy (non-hydrogen) atoms. The Morgan fingerprint density at radius 3 is 2.19 bits per heavy atom. The molecule has 2 fully saturated rings. The Labute approximate surface area is 429 Å². The van der Waals surface area contributed by atoms with Gasteiger partial charge < -0.3 is 50.2 Å². The molecule has 2 saturated heterocycles. The number of allylic oxidation sites excluding steroid dienone is 4. The maximum absolute atomic E-state index is 14.3. The summed E-state index contributed by atoms with van der Waals surface area (Å²) >= 11 is 0. The molecule has 0 aromatic carbocycles. The van der Waals surface area contributed by atoms with E-state index in [0.29, 0.717) is 44.9 Å². The van der Waals surface area contributed by atoms with Gasteiger partial charge in [-0.25, -0.2) is 13.9 Å². The fourth-order valence-corrected chi connectivity index (χ4v) is 10.5. The third-order valence-corrected chi connectivity index (χ3v) is 15.2. The number of hydrogen-bond acceptors (Lipinski definition) is 18. The number of aromatic nitrogens is 2. The van der Waals surface area contributed by atoms with E-state index in [2.05, 4.69) is 40.5 Å². The molecule has 11 atom stereocenters. The monoisotopic (exact) mass is 1080 g/mol. The van der Waals surface area contributed by atoms with Gasteiger partial charge in [-0.3, -0.25) is 28.0 Å². The highest BCUT2D eigenvalue weighted by Gasteiger charge is 2.45. The van der Waals surface area contributed by atoms with E-state index < -0.39 is 120 Å². The van der Waals surface area contributed by atoms with Crippen LogP contribution in [0.4, 0.5) is 5.82 Å². The third-order valence-electron chi connectivity index (χ3n) is 12.6. The van der Waals surface area contributed by atoms with Gasteiger partial charge in [0, 0.05) is 31.4 Å². The summed E-state index contributed by atoms with van der Waals surface area (Å²) in [5.41, 5.74) is 4.75. The summed E-state index contributed by atoms with van der Waals surface area (Å²) in [7, 11) is -11.3. The lowest BCUT2D eigenvalue weighted by Gasteiger charge is -2.38. The molecule has 0 spiro atoms. The van der Waals surface area contributed by atoms with Crippen molar-refractivity contribution in [2.24, 2.45) is 11.8 Å². The first kappa shape index (κ1) is 63.9. The number of phosphoric ester groups is 2. The van der Waals surface area contributed by atoms with Crippen LogP contribution >= 0.6 is 15.6 Å². The van der Waals surface area contributed by atoms with Gasteiger partial charge in [-0.1, -0.05) is 121 Å². The van der Waals surface area contributed by atoms with Crippen molar-refractivity contribution >= 4 is 39.2 Å². The van der Waals surface area contributed by atoms with E-state index in [9.17, 15) is 58.5 Å². The van der Waals surface area contributed by atoms with Crippen LogP contribution in [0.25, 0.3) is 0 Å². The van der Waals surface area contributed by atoms with E-state index in [1.54, 1.807) is 0 Å². The molecule has 1 aromatic heterocycles. The lowest BCUT2D eigenvalue weighted by Crippen LogP contribution is -2.51. The number of esters is 2. The lowest BCUT2D eigenvalue weighted by molar-refractivity contribution is -0.184. The highest BCUT2D eigenvalue weighted by Crippen LogP contribution is 2.60. The summed E-state index contributed by atoms with van der Waals surface area (Å²) < 4.78 is 59.0. The van der Waals surface area contributed by atoms with Gasteiger partial charge in [-0.15, -0.1) is 0 Å². The highest BCUT2D eigenvalue weighted by molar-refractivity contribution is 7.61. The number of ketones is 1. The van der Waals surface area contributed by atoms with E-state index in [1.807, 2.05) is 6.92 Å². The average Bonchev–Trinajstić information content (AvgIpc) is 3.33. The normalized spacial score (nSPS) is 29.5. The minimum atomic E-state index is -5.72. The second-order valence-corrected chi connectivity index (χ2v) is 21.8. The van der Waals surface area contributed by atoms with Crippen molar-refractivity contribution in [1.29, 1.82) is 0 Å². The van der Waals surface area contributed by atoms with E-state index in [0.717, 1.165) is 62.4 Å². The Kier molecular flexibility index (Phi) is 30.6. The van der Waals surface area contributed by atoms with Crippen LogP contribution in [0.5, 0.6) is 0 Å². The molecule has 2 aliphatic heterocycles. The predicted octanol–water partition coefficient (Wildman–Crippen LogP) is 7.37. The van der Waals surface area contributed by atoms with Crippen molar-refractivity contribution in [1.82, 2.24) is 9.55 Å². The van der Waals surface area contributed by atoms with Crippen molar-refractivity contribution in [3.8, 4) is 0 Å². The molecule has 2 unspecified atom stereocenters. The molecule has 2 bridgehead atoms. The van der Waals surface area contributed by atoms with Gasteiger partial charge >= 0.3 is 33.3 Å². The maximum atomic E-state index is 14.3. The topological polar surface area (TPSA) is 323 Å². The number of aliphatic hydroxyl groups is 4. The number of hydrogen-bond donors (Lipinski definition) is 7. The molecule has 2 aliphatic rings. The number of Topliss-reactive ketones (excluding diaryl/α,β-unsaturated/α-hetero) is 1. The zero-order chi connectivity index (χ0) is 53.7. The van der Waals surface area contributed by atoms with Gasteiger partial charge in [0.15, 0.2) is 6.10 Å². The molecule has 0 saturated carbocycles. The zero-order valence-electron chi connectivity index (χ0n) is 42.6. The minimum Gasteiger partial charge on any atom is -0.462 e. The molecule has 3 heterocycles. The fraction of sp³-hybridized carbons (Fsp3) is 0.740. The molecule has 21 nitrogen and oxygen atoms in total. The number of phosphoric acid groups is 2. The molecule has 23 heteroatoms. The largest absolute Gasteiger partial charge is 0.481 e. The summed E-state index contributed by atoms with van der Waals surface area (Å²) in [4.78, 5) is 78.5. The second kappa shape index (κ2) is 35.0. The first-order chi connectivity index (χ1) is 34.9. The first-order valence-corrected chi connectivity index (χ1v) is 29.1. The van der Waals surface area contributed by atoms with E-state index >= 15 is 0 Å². The summed E-state index contributed by atoms with van der Waals surface area (Å²) in [6.45, 7) is 1.43. The highest BCUT2D eigenvalue weighted by atomic mass is 31.3. The number of nitrogens with two attached hydrogens (primary N) is 1. The van der Waals surface area contributed by atoms with Gasteiger partial charge in [-0.05, 0) is 63.9 Å². The van der Waals surface area contributed by atoms with Crippen molar-refractivity contribution in [3.05, 3.63) is 59.2 Å². The predicted molar refractivity (Wildman–Crippen MR) is 271 cm³/mol. The number of unbranched alkanes of at least 4 members (excludes halogenated alkanes) is 10. The van der Waals surface area contributed by atoms with Crippen molar-refractivity contribution in [3.63, 3.8) is 0 Å². The number of ether oxygens (including phenoxy) is 3. The number of nitrogens with zero attached hydrogens (tertiary/aromatic N) is 2. The number of cyclic esters (lactones) is 1. The van der Waals surface area contributed by atoms with Gasteiger partial charge in [0.1, 0.15) is 36.6 Å². The summed E-state index contributed by atoms with van der Waals surface area (Å²) in [5.74, 6) is -4.96. The first-order valence-electron chi connectivity index (χ1n) is 26.1. The Morgan fingerprint density at radius 1 is 0.849 bits per heavy atom. The lowest BCUT2D eigenvalue weighted by atomic mass is 9.83. The maximum Gasteiger partial charge on any atom is 0.481 e. The summed E-state index contributed by atoms with van der Waals surface area (Å²) in [6, 6.07) is 1.23. The molecule has 0 radical (unpaired) electrons. The van der Waals surface area contributed by atoms with Gasteiger partial charge in [0.25, 0.3) is 0 Å². The van der Waals surface area contributed by atoms with Crippen LogP contribution in [0.2, 0.25) is 0 Å². The zero-order valence-corrected chi connectivity index (χ0v) is 44.4. The Hall–Kier alpha value is -3.43. The molecule has 0 aliphatic carbocycles. The van der Waals surface area contributed by atoms with Crippen LogP contribution in [-0.2, 0) is 51.1 Å². The number of nitrogen functional groups attached to an aromatic ring is 1. The van der Waals surface area contributed by atoms with Crippen LogP contribution in [0.3, 0.4) is 0 Å². The molecule has 8 N–H and O–H groups in total. The molecular formula is C50H83N3O18P2. The van der Waals surface area contributed by atoms with Gasteiger partial charge in [0.05, 0.1) is 37.4 Å². The SMILES string of the molecule is CCCCC/C=C\C/C=C\CCCCCCCC(=O)O[C@@H]1COC(=O)CCCCCC[C@H]2C(=O)C[C@@H](O)[C@H](/C=C/[C@@H](O)CCCCC)[C@H](O)[C@H](O)[C@@H](COP(=O)(O)OP(=O)(O)OC1)O[C@H]2n1ccc(N)nc1=O. The van der Waals surface area contributed by atoms with Gasteiger partial charge in [0.2, 0.25) is 0 Å². The third kappa shape index (κ3) is 25.8. The molecule has 1 aromatic rings. The Balaban J connectivity index is 1.80. The van der Waals surface area contributed by atoms with Crippen LogP contribution in [0.15, 0.2) is 53.5 Å². The van der Waals surface area contributed by atoms with Gasteiger partial charge in [-0.2, -0.15) is 9.29 Å². The number of aliphatic hydroxyl groups excluding tert-OH is 4. The number of carbonyl (C=O) groups excluding carboxylic acids is 3. The Bertz CT molecular complexity index is 2040. The van der Waals surface area contributed by atoms with Crippen molar-refractivity contribution in [2.75, 3.05) is 25.6 Å². The van der Waals surface area contributed by atoms with Crippen molar-refractivity contribution < 1.29 is 81.3 Å². The number of anilines is 1. The van der Waals surface area contributed by atoms with E-state index in [1.165, 1.54) is 43.7 Å².